The fourth-order valence-corrected chi connectivity index (χ4v) is 1.95. The number of aromatic nitrogens is 1. The van der Waals surface area contributed by atoms with Crippen LogP contribution in [0.1, 0.15) is 15.9 Å². The van der Waals surface area contributed by atoms with E-state index < -0.39 is 11.5 Å². The molecule has 0 aliphatic carbocycles. The number of hydrogen-bond acceptors (Lipinski definition) is 3. The molecular weight excluding hydrogens is 312 g/mol. The number of carboxylic acids is 1. The second kappa shape index (κ2) is 5.08. The Kier molecular flexibility index (Phi) is 3.49. The molecule has 0 aliphatic rings. The molecule has 2 rings (SSSR count). The summed E-state index contributed by atoms with van der Waals surface area (Å²) in [5.41, 5.74) is 0.195. The van der Waals surface area contributed by atoms with Gasteiger partial charge in [-0.25, -0.2) is 4.79 Å². The van der Waals surface area contributed by atoms with Crippen LogP contribution in [0.15, 0.2) is 45.8 Å². The van der Waals surface area contributed by atoms with Crippen molar-refractivity contribution >= 4 is 21.9 Å². The molecule has 6 heteroatoms. The van der Waals surface area contributed by atoms with Crippen LogP contribution in [0.25, 0.3) is 5.69 Å². The third kappa shape index (κ3) is 2.56. The number of pyridine rings is 1. The molecule has 0 atom stereocenters. The van der Waals surface area contributed by atoms with Crippen LogP contribution >= 0.6 is 15.9 Å². The summed E-state index contributed by atoms with van der Waals surface area (Å²) in [6.07, 6.45) is 1.20. The van der Waals surface area contributed by atoms with Crippen LogP contribution in [0.3, 0.4) is 0 Å². The zero-order valence-corrected chi connectivity index (χ0v) is 11.1. The zero-order chi connectivity index (χ0) is 14.0. The average Bonchev–Trinajstić information content (AvgIpc) is 2.39. The van der Waals surface area contributed by atoms with Gasteiger partial charge >= 0.3 is 5.97 Å². The second-order valence-electron chi connectivity index (χ2n) is 3.70. The van der Waals surface area contributed by atoms with Crippen LogP contribution < -0.4 is 5.56 Å². The average molecular weight is 319 g/mol. The van der Waals surface area contributed by atoms with E-state index in [1.54, 1.807) is 18.2 Å². The molecule has 5 nitrogen and oxygen atoms in total. The third-order valence-corrected chi connectivity index (χ3v) is 2.99. The maximum Gasteiger partial charge on any atom is 0.337 e. The molecule has 2 aromatic rings. The second-order valence-corrected chi connectivity index (χ2v) is 4.62. The summed E-state index contributed by atoms with van der Waals surface area (Å²) in [5.74, 6) is -1.14. The van der Waals surface area contributed by atoms with Gasteiger partial charge in [-0.15, -0.1) is 0 Å². The molecule has 0 unspecified atom stereocenters. The number of carboxylic acid groups (broad SMARTS) is 1. The Morgan fingerprint density at radius 1 is 1.32 bits per heavy atom. The summed E-state index contributed by atoms with van der Waals surface area (Å²) < 4.78 is 1.83. The molecule has 0 fully saturated rings. The van der Waals surface area contributed by atoms with E-state index in [1.807, 2.05) is 6.07 Å². The Labute approximate surface area is 116 Å². The summed E-state index contributed by atoms with van der Waals surface area (Å²) in [6.45, 7) is 0. The number of nitriles is 1. The number of rotatable bonds is 2. The first-order chi connectivity index (χ1) is 9.02. The fourth-order valence-electron chi connectivity index (χ4n) is 1.60. The van der Waals surface area contributed by atoms with Crippen LogP contribution in [0.4, 0.5) is 0 Å². The van der Waals surface area contributed by atoms with E-state index in [0.717, 1.165) is 10.6 Å². The molecule has 0 bridgehead atoms. The number of halogens is 1. The van der Waals surface area contributed by atoms with Crippen molar-refractivity contribution in [2.75, 3.05) is 0 Å². The zero-order valence-electron chi connectivity index (χ0n) is 9.50. The minimum Gasteiger partial charge on any atom is -0.478 e. The van der Waals surface area contributed by atoms with Gasteiger partial charge < -0.3 is 5.11 Å². The topological polar surface area (TPSA) is 83.1 Å². The molecule has 1 N–H and O–H groups in total. The Morgan fingerprint density at radius 2 is 2.05 bits per heavy atom. The van der Waals surface area contributed by atoms with Crippen LogP contribution in [0.2, 0.25) is 0 Å². The predicted octanol–water partition coefficient (Wildman–Crippen LogP) is 2.17. The van der Waals surface area contributed by atoms with E-state index >= 15 is 0 Å². The van der Waals surface area contributed by atoms with E-state index in [4.69, 9.17) is 10.4 Å². The number of nitrogens with zero attached hydrogens (tertiary/aromatic N) is 2. The van der Waals surface area contributed by atoms with Gasteiger partial charge in [0.1, 0.15) is 6.07 Å². The van der Waals surface area contributed by atoms with Gasteiger partial charge in [-0.3, -0.25) is 9.36 Å². The standard InChI is InChI=1S/C13H7BrN2O3/c14-10-3-1-8(6-15)11(5-10)16-7-9(13(18)19)2-4-12(16)17/h1-5,7H,(H,18,19). The van der Waals surface area contributed by atoms with Crippen molar-refractivity contribution in [2.45, 2.75) is 0 Å². The largest absolute Gasteiger partial charge is 0.478 e. The highest BCUT2D eigenvalue weighted by atomic mass is 79.9. The van der Waals surface area contributed by atoms with Crippen molar-refractivity contribution in [1.82, 2.24) is 4.57 Å². The van der Waals surface area contributed by atoms with E-state index in [-0.39, 0.29) is 11.1 Å². The predicted molar refractivity (Wildman–Crippen MR) is 71.4 cm³/mol. The van der Waals surface area contributed by atoms with Crippen molar-refractivity contribution in [3.8, 4) is 11.8 Å². The number of hydrogen-bond donors (Lipinski definition) is 1. The first-order valence-electron chi connectivity index (χ1n) is 5.19. The van der Waals surface area contributed by atoms with E-state index in [2.05, 4.69) is 15.9 Å². The van der Waals surface area contributed by atoms with Crippen molar-refractivity contribution in [3.63, 3.8) is 0 Å². The Balaban J connectivity index is 2.75. The van der Waals surface area contributed by atoms with Crippen LogP contribution in [-0.4, -0.2) is 15.6 Å². The molecule has 0 saturated heterocycles. The number of aromatic carboxylic acids is 1. The summed E-state index contributed by atoms with van der Waals surface area (Å²) in [4.78, 5) is 22.7. The van der Waals surface area contributed by atoms with E-state index in [9.17, 15) is 9.59 Å². The summed E-state index contributed by atoms with van der Waals surface area (Å²) in [5, 5.41) is 18.0. The molecule has 0 radical (unpaired) electrons. The maximum absolute atomic E-state index is 11.8. The number of carbonyl (C=O) groups is 1. The summed E-state index contributed by atoms with van der Waals surface area (Å²) >= 11 is 3.25. The highest BCUT2D eigenvalue weighted by Crippen LogP contribution is 2.19. The van der Waals surface area contributed by atoms with Gasteiger partial charge in [0.15, 0.2) is 0 Å². The fraction of sp³-hybridized carbons (Fsp3) is 0. The summed E-state index contributed by atoms with van der Waals surface area (Å²) in [7, 11) is 0. The van der Waals surface area contributed by atoms with Crippen LogP contribution in [0, 0.1) is 11.3 Å². The lowest BCUT2D eigenvalue weighted by atomic mass is 10.2. The molecule has 0 spiro atoms. The van der Waals surface area contributed by atoms with Crippen LogP contribution in [-0.2, 0) is 0 Å². The molecular formula is C13H7BrN2O3. The first-order valence-corrected chi connectivity index (χ1v) is 5.98. The lowest BCUT2D eigenvalue weighted by molar-refractivity contribution is 0.0696. The Hall–Kier alpha value is -2.39. The molecule has 0 aliphatic heterocycles. The maximum atomic E-state index is 11.8. The minimum atomic E-state index is -1.14. The highest BCUT2D eigenvalue weighted by Gasteiger charge is 2.10. The van der Waals surface area contributed by atoms with Gasteiger partial charge in [0.25, 0.3) is 5.56 Å². The molecule has 1 aromatic carbocycles. The van der Waals surface area contributed by atoms with Crippen molar-refractivity contribution < 1.29 is 9.90 Å². The van der Waals surface area contributed by atoms with Gasteiger partial charge in [-0.2, -0.15) is 5.26 Å². The highest BCUT2D eigenvalue weighted by molar-refractivity contribution is 9.10. The summed E-state index contributed by atoms with van der Waals surface area (Å²) in [6, 6.07) is 9.17. The quantitative estimate of drug-likeness (QED) is 0.919. The van der Waals surface area contributed by atoms with Gasteiger partial charge in [0.2, 0.25) is 0 Å². The first kappa shape index (κ1) is 13.1. The molecule has 1 aromatic heterocycles. The van der Waals surface area contributed by atoms with Gasteiger partial charge in [0, 0.05) is 16.7 Å². The molecule has 94 valence electrons. The molecule has 0 saturated carbocycles. The number of benzene rings is 1. The van der Waals surface area contributed by atoms with Gasteiger partial charge in [-0.1, -0.05) is 15.9 Å². The lowest BCUT2D eigenvalue weighted by Crippen LogP contribution is -2.19. The minimum absolute atomic E-state index is 0.0246. The van der Waals surface area contributed by atoms with Crippen LogP contribution in [0.5, 0.6) is 0 Å². The third-order valence-electron chi connectivity index (χ3n) is 2.50. The van der Waals surface area contributed by atoms with E-state index in [0.29, 0.717) is 10.2 Å². The Morgan fingerprint density at radius 3 is 2.68 bits per heavy atom. The van der Waals surface area contributed by atoms with Crippen molar-refractivity contribution in [1.29, 1.82) is 5.26 Å². The normalized spacial score (nSPS) is 9.89. The Bertz CT molecular complexity index is 759. The SMILES string of the molecule is N#Cc1ccc(Br)cc1-n1cc(C(=O)O)ccc1=O. The van der Waals surface area contributed by atoms with Crippen molar-refractivity contribution in [3.05, 3.63) is 62.5 Å². The smallest absolute Gasteiger partial charge is 0.337 e. The van der Waals surface area contributed by atoms with Gasteiger partial charge in [0.05, 0.1) is 16.8 Å². The van der Waals surface area contributed by atoms with Crippen molar-refractivity contribution in [2.24, 2.45) is 0 Å². The van der Waals surface area contributed by atoms with E-state index in [1.165, 1.54) is 12.3 Å². The molecule has 19 heavy (non-hydrogen) atoms. The molecule has 0 amide bonds. The van der Waals surface area contributed by atoms with Gasteiger partial charge in [-0.05, 0) is 24.3 Å². The monoisotopic (exact) mass is 318 g/mol. The molecule has 1 heterocycles. The lowest BCUT2D eigenvalue weighted by Gasteiger charge is -2.08.